The van der Waals surface area contributed by atoms with E-state index in [1.807, 2.05) is 0 Å². The predicted molar refractivity (Wildman–Crippen MR) is 80.0 cm³/mol. The number of hydrogen-bond donors (Lipinski definition) is 1. The molecule has 0 saturated heterocycles. The smallest absolute Gasteiger partial charge is 0.198 e. The number of benzene rings is 2. The van der Waals surface area contributed by atoms with Gasteiger partial charge in [-0.25, -0.2) is 0 Å². The van der Waals surface area contributed by atoms with Crippen LogP contribution in [0.4, 0.5) is 5.69 Å². The Kier molecular flexibility index (Phi) is 4.12. The topological polar surface area (TPSA) is 52.3 Å². The third kappa shape index (κ3) is 2.91. The summed E-state index contributed by atoms with van der Waals surface area (Å²) in [4.78, 5) is 12.5. The van der Waals surface area contributed by atoms with Crippen LogP contribution in [0, 0.1) is 0 Å². The van der Waals surface area contributed by atoms with Crippen molar-refractivity contribution in [1.29, 1.82) is 0 Å². The van der Waals surface area contributed by atoms with Crippen LogP contribution < -0.4 is 10.5 Å². The number of anilines is 1. The van der Waals surface area contributed by atoms with E-state index in [4.69, 9.17) is 22.1 Å². The quantitative estimate of drug-likeness (QED) is 0.680. The van der Waals surface area contributed by atoms with Crippen molar-refractivity contribution < 1.29 is 9.53 Å². The lowest BCUT2D eigenvalue weighted by molar-refractivity contribution is 0.103. The van der Waals surface area contributed by atoms with Gasteiger partial charge in [-0.1, -0.05) is 27.5 Å². The molecule has 0 aliphatic heterocycles. The van der Waals surface area contributed by atoms with Crippen LogP contribution in [0.2, 0.25) is 5.02 Å². The van der Waals surface area contributed by atoms with Crippen LogP contribution in [0.5, 0.6) is 5.75 Å². The van der Waals surface area contributed by atoms with E-state index in [2.05, 4.69) is 15.9 Å². The molecule has 0 heterocycles. The van der Waals surface area contributed by atoms with Gasteiger partial charge in [-0.2, -0.15) is 0 Å². The molecule has 3 nitrogen and oxygen atoms in total. The molecule has 0 aliphatic carbocycles. The van der Waals surface area contributed by atoms with E-state index in [-0.39, 0.29) is 5.78 Å². The maximum Gasteiger partial charge on any atom is 0.198 e. The largest absolute Gasteiger partial charge is 0.496 e. The molecule has 98 valence electrons. The highest BCUT2D eigenvalue weighted by Gasteiger charge is 2.17. The van der Waals surface area contributed by atoms with Gasteiger partial charge in [0.2, 0.25) is 0 Å². The normalized spacial score (nSPS) is 10.3. The summed E-state index contributed by atoms with van der Waals surface area (Å²) >= 11 is 9.24. The lowest BCUT2D eigenvalue weighted by atomic mass is 10.0. The van der Waals surface area contributed by atoms with E-state index in [1.54, 1.807) is 36.4 Å². The van der Waals surface area contributed by atoms with Gasteiger partial charge in [0.25, 0.3) is 0 Å². The molecule has 0 aromatic heterocycles. The molecule has 0 fully saturated rings. The van der Waals surface area contributed by atoms with Crippen LogP contribution in [0.1, 0.15) is 15.9 Å². The molecule has 0 aliphatic rings. The Balaban J connectivity index is 2.55. The monoisotopic (exact) mass is 339 g/mol. The van der Waals surface area contributed by atoms with E-state index < -0.39 is 0 Å². The number of nitrogen functional groups attached to an aromatic ring is 1. The summed E-state index contributed by atoms with van der Waals surface area (Å²) in [6.07, 6.45) is 0. The second-order valence-corrected chi connectivity index (χ2v) is 5.26. The number of carbonyl (C=O) groups is 1. The first-order chi connectivity index (χ1) is 9.02. The van der Waals surface area contributed by atoms with Crippen LogP contribution >= 0.6 is 27.5 Å². The van der Waals surface area contributed by atoms with Crippen molar-refractivity contribution in [2.45, 2.75) is 0 Å². The Labute approximate surface area is 124 Å². The lowest BCUT2D eigenvalue weighted by Gasteiger charge is -2.10. The minimum absolute atomic E-state index is 0.224. The summed E-state index contributed by atoms with van der Waals surface area (Å²) in [5.74, 6) is 0.269. The minimum atomic E-state index is -0.224. The number of ketones is 1. The highest BCUT2D eigenvalue weighted by Crippen LogP contribution is 2.28. The van der Waals surface area contributed by atoms with Gasteiger partial charge in [0, 0.05) is 20.7 Å². The van der Waals surface area contributed by atoms with Gasteiger partial charge in [-0.05, 0) is 36.4 Å². The van der Waals surface area contributed by atoms with E-state index in [0.717, 1.165) is 4.47 Å². The SMILES string of the molecule is COc1ccc(Br)cc1C(=O)c1cc(Cl)ccc1N. The number of rotatable bonds is 3. The van der Waals surface area contributed by atoms with E-state index >= 15 is 0 Å². The average Bonchev–Trinajstić information content (AvgIpc) is 2.40. The molecule has 0 radical (unpaired) electrons. The zero-order chi connectivity index (χ0) is 14.0. The lowest BCUT2D eigenvalue weighted by Crippen LogP contribution is -2.07. The van der Waals surface area contributed by atoms with Crippen molar-refractivity contribution in [3.8, 4) is 5.75 Å². The predicted octanol–water partition coefficient (Wildman–Crippen LogP) is 3.92. The van der Waals surface area contributed by atoms with Crippen molar-refractivity contribution >= 4 is 39.0 Å². The van der Waals surface area contributed by atoms with Crippen molar-refractivity contribution in [1.82, 2.24) is 0 Å². The molecule has 2 N–H and O–H groups in total. The second-order valence-electron chi connectivity index (χ2n) is 3.91. The van der Waals surface area contributed by atoms with E-state index in [0.29, 0.717) is 27.6 Å². The van der Waals surface area contributed by atoms with Crippen molar-refractivity contribution in [3.05, 3.63) is 57.0 Å². The first-order valence-electron chi connectivity index (χ1n) is 5.46. The van der Waals surface area contributed by atoms with E-state index in [1.165, 1.54) is 7.11 Å². The molecule has 2 aromatic carbocycles. The summed E-state index contributed by atoms with van der Waals surface area (Å²) in [6.45, 7) is 0. The minimum Gasteiger partial charge on any atom is -0.496 e. The third-order valence-electron chi connectivity index (χ3n) is 2.67. The third-order valence-corrected chi connectivity index (χ3v) is 3.39. The molecule has 2 rings (SSSR count). The number of halogens is 2. The summed E-state index contributed by atoms with van der Waals surface area (Å²) in [7, 11) is 1.52. The molecule has 5 heteroatoms. The Morgan fingerprint density at radius 1 is 1.21 bits per heavy atom. The summed E-state index contributed by atoms with van der Waals surface area (Å²) < 4.78 is 5.99. The average molecular weight is 341 g/mol. The zero-order valence-electron chi connectivity index (χ0n) is 10.1. The molecule has 0 unspecified atom stereocenters. The first-order valence-corrected chi connectivity index (χ1v) is 6.63. The molecule has 0 bridgehead atoms. The van der Waals surface area contributed by atoms with E-state index in [9.17, 15) is 4.79 Å². The molecule has 0 saturated carbocycles. The molecular weight excluding hydrogens is 330 g/mol. The van der Waals surface area contributed by atoms with Crippen LogP contribution in [0.15, 0.2) is 40.9 Å². The molecule has 0 spiro atoms. The standard InChI is InChI=1S/C14H11BrClNO2/c1-19-13-5-2-8(15)6-11(13)14(18)10-7-9(16)3-4-12(10)17/h2-7H,17H2,1H3. The maximum absolute atomic E-state index is 12.5. The van der Waals surface area contributed by atoms with Gasteiger partial charge >= 0.3 is 0 Å². The fourth-order valence-corrected chi connectivity index (χ4v) is 2.26. The van der Waals surface area contributed by atoms with Gasteiger partial charge in [-0.15, -0.1) is 0 Å². The Morgan fingerprint density at radius 2 is 1.95 bits per heavy atom. The zero-order valence-corrected chi connectivity index (χ0v) is 12.5. The highest BCUT2D eigenvalue weighted by molar-refractivity contribution is 9.10. The highest BCUT2D eigenvalue weighted by atomic mass is 79.9. The second kappa shape index (κ2) is 5.63. The molecule has 19 heavy (non-hydrogen) atoms. The fraction of sp³-hybridized carbons (Fsp3) is 0.0714. The number of nitrogens with two attached hydrogens (primary N) is 1. The fourth-order valence-electron chi connectivity index (χ4n) is 1.73. The summed E-state index contributed by atoms with van der Waals surface area (Å²) in [5.41, 5.74) is 7.01. The number of ether oxygens (including phenoxy) is 1. The number of hydrogen-bond acceptors (Lipinski definition) is 3. The number of methoxy groups -OCH3 is 1. The van der Waals surface area contributed by atoms with Crippen molar-refractivity contribution in [2.24, 2.45) is 0 Å². The van der Waals surface area contributed by atoms with Gasteiger partial charge in [0.1, 0.15) is 5.75 Å². The maximum atomic E-state index is 12.5. The van der Waals surface area contributed by atoms with Crippen molar-refractivity contribution in [3.63, 3.8) is 0 Å². The Morgan fingerprint density at radius 3 is 2.63 bits per heavy atom. The van der Waals surface area contributed by atoms with Gasteiger partial charge in [0.15, 0.2) is 5.78 Å². The van der Waals surface area contributed by atoms with Gasteiger partial charge in [0.05, 0.1) is 12.7 Å². The van der Waals surface area contributed by atoms with Crippen LogP contribution in [-0.2, 0) is 0 Å². The Bertz CT molecular complexity index is 643. The van der Waals surface area contributed by atoms with Gasteiger partial charge in [-0.3, -0.25) is 4.79 Å². The van der Waals surface area contributed by atoms with Crippen LogP contribution in [0.3, 0.4) is 0 Å². The molecule has 2 aromatic rings. The molecule has 0 amide bonds. The summed E-state index contributed by atoms with van der Waals surface area (Å²) in [6, 6.07) is 10.0. The van der Waals surface area contributed by atoms with Gasteiger partial charge < -0.3 is 10.5 Å². The Hall–Kier alpha value is -1.52. The first kappa shape index (κ1) is 13.9. The molecule has 0 atom stereocenters. The molecular formula is C14H11BrClNO2. The number of carbonyl (C=O) groups excluding carboxylic acids is 1. The van der Waals surface area contributed by atoms with Crippen LogP contribution in [-0.4, -0.2) is 12.9 Å². The summed E-state index contributed by atoms with van der Waals surface area (Å²) in [5, 5.41) is 0.464. The van der Waals surface area contributed by atoms with Crippen molar-refractivity contribution in [2.75, 3.05) is 12.8 Å². The van der Waals surface area contributed by atoms with Crippen LogP contribution in [0.25, 0.3) is 0 Å².